The Balaban J connectivity index is 1.34. The van der Waals surface area contributed by atoms with Gasteiger partial charge in [-0.3, -0.25) is 9.69 Å². The number of carbonyl (C=O) groups excluding carboxylic acids is 1. The van der Waals surface area contributed by atoms with Crippen LogP contribution in [0.2, 0.25) is 0 Å². The van der Waals surface area contributed by atoms with Crippen LogP contribution in [0, 0.1) is 0 Å². The first-order chi connectivity index (χ1) is 13.7. The largest absolute Gasteiger partial charge is 0.497 e. The molecule has 1 aliphatic rings. The number of amides is 1. The van der Waals surface area contributed by atoms with Crippen molar-refractivity contribution in [3.63, 3.8) is 0 Å². The Bertz CT molecular complexity index is 919. The number of hydrogen-bond donors (Lipinski definition) is 0. The zero-order valence-corrected chi connectivity index (χ0v) is 16.6. The maximum Gasteiger partial charge on any atom is 0.274 e. The summed E-state index contributed by atoms with van der Waals surface area (Å²) in [5, 5.41) is 2.90. The molecule has 0 spiro atoms. The first-order valence-corrected chi connectivity index (χ1v) is 10.2. The molecule has 1 amide bonds. The van der Waals surface area contributed by atoms with E-state index in [-0.39, 0.29) is 5.91 Å². The number of anilines is 1. The summed E-state index contributed by atoms with van der Waals surface area (Å²) in [6.45, 7) is 3.13. The lowest BCUT2D eigenvalue weighted by Crippen LogP contribution is -2.50. The van der Waals surface area contributed by atoms with Crippen molar-refractivity contribution in [3.8, 4) is 16.3 Å². The number of methoxy groups -OCH3 is 1. The van der Waals surface area contributed by atoms with Crippen LogP contribution in [0.4, 0.5) is 5.82 Å². The Hall–Kier alpha value is -2.93. The van der Waals surface area contributed by atoms with Gasteiger partial charge in [-0.05, 0) is 30.3 Å². The van der Waals surface area contributed by atoms with Gasteiger partial charge in [0.1, 0.15) is 23.8 Å². The summed E-state index contributed by atoms with van der Waals surface area (Å²) >= 11 is 1.57. The van der Waals surface area contributed by atoms with Crippen molar-refractivity contribution in [1.82, 2.24) is 9.88 Å². The molecule has 144 valence electrons. The number of nitrogens with zero attached hydrogens (tertiary/aromatic N) is 3. The number of aromatic amines is 1. The van der Waals surface area contributed by atoms with Gasteiger partial charge in [-0.1, -0.05) is 6.07 Å². The van der Waals surface area contributed by atoms with Crippen molar-refractivity contribution < 1.29 is 14.5 Å². The number of aromatic nitrogens is 2. The number of H-pyrrole nitrogens is 1. The highest BCUT2D eigenvalue weighted by atomic mass is 32.1. The summed E-state index contributed by atoms with van der Waals surface area (Å²) in [5.41, 5.74) is 1.87. The van der Waals surface area contributed by atoms with Crippen LogP contribution in [0.3, 0.4) is 0 Å². The molecule has 1 aliphatic heterocycles. The zero-order valence-electron chi connectivity index (χ0n) is 15.8. The fourth-order valence-corrected chi connectivity index (χ4v) is 4.12. The molecule has 1 saturated heterocycles. The molecular weight excluding hydrogens is 372 g/mol. The highest BCUT2D eigenvalue weighted by Gasteiger charge is 2.26. The van der Waals surface area contributed by atoms with Gasteiger partial charge >= 0.3 is 0 Å². The predicted molar refractivity (Wildman–Crippen MR) is 110 cm³/mol. The number of pyridine rings is 1. The number of piperazine rings is 1. The van der Waals surface area contributed by atoms with Gasteiger partial charge in [0.25, 0.3) is 5.82 Å². The molecule has 4 rings (SSSR count). The number of hydrogen-bond acceptors (Lipinski definition) is 5. The smallest absolute Gasteiger partial charge is 0.274 e. The van der Waals surface area contributed by atoms with E-state index in [0.29, 0.717) is 6.42 Å². The van der Waals surface area contributed by atoms with Gasteiger partial charge in [0.05, 0.1) is 38.5 Å². The Kier molecular flexibility index (Phi) is 5.53. The number of ether oxygens (including phenoxy) is 1. The minimum Gasteiger partial charge on any atom is -0.497 e. The molecule has 2 aromatic heterocycles. The van der Waals surface area contributed by atoms with Crippen molar-refractivity contribution >= 4 is 23.1 Å². The van der Waals surface area contributed by atoms with E-state index < -0.39 is 0 Å². The third-order valence-electron chi connectivity index (χ3n) is 4.89. The average molecular weight is 396 g/mol. The number of carbonyl (C=O) groups is 1. The second kappa shape index (κ2) is 8.39. The molecule has 1 fully saturated rings. The number of rotatable bonds is 5. The van der Waals surface area contributed by atoms with E-state index in [1.54, 1.807) is 18.4 Å². The quantitative estimate of drug-likeness (QED) is 0.666. The van der Waals surface area contributed by atoms with Crippen LogP contribution in [0.5, 0.6) is 5.75 Å². The molecule has 0 saturated carbocycles. The lowest BCUT2D eigenvalue weighted by molar-refractivity contribution is -0.364. The van der Waals surface area contributed by atoms with Crippen molar-refractivity contribution in [2.75, 3.05) is 38.2 Å². The van der Waals surface area contributed by atoms with Gasteiger partial charge in [0.2, 0.25) is 5.91 Å². The predicted octanol–water partition coefficient (Wildman–Crippen LogP) is 2.52. The molecule has 0 aliphatic carbocycles. The summed E-state index contributed by atoms with van der Waals surface area (Å²) in [7, 11) is 1.65. The van der Waals surface area contributed by atoms with Gasteiger partial charge in [0, 0.05) is 17.0 Å². The Morgan fingerprint density at radius 2 is 1.93 bits per heavy atom. The summed E-state index contributed by atoms with van der Waals surface area (Å²) in [4.78, 5) is 24.8. The lowest BCUT2D eigenvalue weighted by Gasteiger charge is -2.30. The number of thiazole rings is 1. The third-order valence-corrected chi connectivity index (χ3v) is 5.83. The molecule has 0 unspecified atom stereocenters. The molecule has 1 N–H and O–H groups in total. The standard InChI is InChI=1S/C21H22N4O2S/c1-27-18-7-5-16(6-8-18)21-23-17(15-28-21)14-20(26)25-12-10-24(11-13-25)19-4-2-3-9-22-19/h2-9,15H,10-14H2,1H3/p+1. The lowest BCUT2D eigenvalue weighted by atomic mass is 10.2. The van der Waals surface area contributed by atoms with Crippen molar-refractivity contribution in [2.24, 2.45) is 0 Å². The molecule has 0 atom stereocenters. The van der Waals surface area contributed by atoms with Crippen molar-refractivity contribution in [1.29, 1.82) is 0 Å². The van der Waals surface area contributed by atoms with Crippen LogP contribution in [0.15, 0.2) is 54.0 Å². The van der Waals surface area contributed by atoms with Crippen LogP contribution in [-0.2, 0) is 11.2 Å². The third kappa shape index (κ3) is 4.14. The highest BCUT2D eigenvalue weighted by Crippen LogP contribution is 2.26. The average Bonchev–Trinajstić information content (AvgIpc) is 3.23. The summed E-state index contributed by atoms with van der Waals surface area (Å²) in [6.07, 6.45) is 2.28. The Labute approximate surface area is 168 Å². The highest BCUT2D eigenvalue weighted by molar-refractivity contribution is 7.13. The molecule has 0 radical (unpaired) electrons. The van der Waals surface area contributed by atoms with Gasteiger partial charge < -0.3 is 9.64 Å². The van der Waals surface area contributed by atoms with Crippen molar-refractivity contribution in [3.05, 3.63) is 59.7 Å². The summed E-state index contributed by atoms with van der Waals surface area (Å²) < 4.78 is 5.19. The second-order valence-corrected chi connectivity index (χ2v) is 7.52. The first kappa shape index (κ1) is 18.4. The van der Waals surface area contributed by atoms with Crippen molar-refractivity contribution in [2.45, 2.75) is 6.42 Å². The summed E-state index contributed by atoms with van der Waals surface area (Å²) in [5.74, 6) is 2.06. The van der Waals surface area contributed by atoms with E-state index in [9.17, 15) is 4.79 Å². The maximum absolute atomic E-state index is 12.7. The number of nitrogens with one attached hydrogen (secondary N) is 1. The van der Waals surface area contributed by atoms with E-state index in [0.717, 1.165) is 54.0 Å². The second-order valence-electron chi connectivity index (χ2n) is 6.66. The van der Waals surface area contributed by atoms with Gasteiger partial charge in [-0.25, -0.2) is 9.97 Å². The molecule has 3 heterocycles. The molecule has 6 nitrogen and oxygen atoms in total. The SMILES string of the molecule is COc1ccc(-c2nc(CC(=O)N3CCN(c4cccc[nH+]4)CC3)cs2)cc1. The fraction of sp³-hybridized carbons (Fsp3) is 0.286. The van der Waals surface area contributed by atoms with Gasteiger partial charge in [-0.15, -0.1) is 11.3 Å². The van der Waals surface area contributed by atoms with Crippen LogP contribution in [-0.4, -0.2) is 49.1 Å². The van der Waals surface area contributed by atoms with E-state index >= 15 is 0 Å². The monoisotopic (exact) mass is 395 g/mol. The molecule has 28 heavy (non-hydrogen) atoms. The van der Waals surface area contributed by atoms with E-state index in [1.165, 1.54) is 0 Å². The topological polar surface area (TPSA) is 59.8 Å². The molecule has 1 aromatic carbocycles. The minimum atomic E-state index is 0.142. The Morgan fingerprint density at radius 1 is 1.14 bits per heavy atom. The molecular formula is C21H23N4O2S+. The van der Waals surface area contributed by atoms with Gasteiger partial charge in [0.15, 0.2) is 0 Å². The number of benzene rings is 1. The normalized spacial score (nSPS) is 14.2. The minimum absolute atomic E-state index is 0.142. The van der Waals surface area contributed by atoms with Gasteiger partial charge in [-0.2, -0.15) is 0 Å². The van der Waals surface area contributed by atoms with E-state index in [4.69, 9.17) is 4.74 Å². The summed E-state index contributed by atoms with van der Waals surface area (Å²) in [6, 6.07) is 13.9. The van der Waals surface area contributed by atoms with Crippen LogP contribution >= 0.6 is 11.3 Å². The van der Waals surface area contributed by atoms with Crippen LogP contribution in [0.25, 0.3) is 10.6 Å². The van der Waals surface area contributed by atoms with Crippen LogP contribution in [0.1, 0.15) is 5.69 Å². The van der Waals surface area contributed by atoms with E-state index in [2.05, 4.69) is 20.9 Å². The Morgan fingerprint density at radius 3 is 2.61 bits per heavy atom. The fourth-order valence-electron chi connectivity index (χ4n) is 3.30. The molecule has 3 aromatic rings. The molecule has 7 heteroatoms. The first-order valence-electron chi connectivity index (χ1n) is 9.31. The maximum atomic E-state index is 12.7. The molecule has 0 bridgehead atoms. The van der Waals surface area contributed by atoms with E-state index in [1.807, 2.05) is 52.9 Å². The zero-order chi connectivity index (χ0) is 19.3. The van der Waals surface area contributed by atoms with Crippen LogP contribution < -0.4 is 14.6 Å².